The molecule has 2 rings (SSSR count). The van der Waals surface area contributed by atoms with Crippen LogP contribution in [0.2, 0.25) is 5.02 Å². The van der Waals surface area contributed by atoms with Gasteiger partial charge in [-0.1, -0.05) is 17.7 Å². The lowest BCUT2D eigenvalue weighted by Gasteiger charge is -2.15. The molecule has 0 aliphatic rings. The van der Waals surface area contributed by atoms with Crippen LogP contribution >= 0.6 is 22.9 Å². The molecular formula is C16H20ClNO3S. The number of halogens is 1. The maximum Gasteiger partial charge on any atom is 0.180 e. The van der Waals surface area contributed by atoms with Gasteiger partial charge in [0.05, 0.1) is 18.2 Å². The van der Waals surface area contributed by atoms with E-state index in [2.05, 4.69) is 5.32 Å². The minimum Gasteiger partial charge on any atom is -0.490 e. The molecule has 6 heteroatoms. The number of benzene rings is 1. The first-order valence-electron chi connectivity index (χ1n) is 7.16. The first-order valence-corrected chi connectivity index (χ1v) is 8.42. The Morgan fingerprint density at radius 2 is 2.18 bits per heavy atom. The molecule has 0 atom stereocenters. The number of aliphatic hydroxyl groups excluding tert-OH is 1. The summed E-state index contributed by atoms with van der Waals surface area (Å²) in [4.78, 5) is 1.13. The zero-order valence-electron chi connectivity index (χ0n) is 12.5. The van der Waals surface area contributed by atoms with E-state index in [9.17, 15) is 0 Å². The van der Waals surface area contributed by atoms with E-state index in [4.69, 9.17) is 26.2 Å². The van der Waals surface area contributed by atoms with E-state index in [-0.39, 0.29) is 6.61 Å². The Hall–Kier alpha value is -1.27. The van der Waals surface area contributed by atoms with Crippen molar-refractivity contribution in [3.63, 3.8) is 0 Å². The van der Waals surface area contributed by atoms with Crippen LogP contribution in [0, 0.1) is 0 Å². The van der Waals surface area contributed by atoms with Gasteiger partial charge in [0.1, 0.15) is 6.61 Å². The van der Waals surface area contributed by atoms with Gasteiger partial charge in [0, 0.05) is 18.0 Å². The summed E-state index contributed by atoms with van der Waals surface area (Å²) in [7, 11) is 0. The lowest BCUT2D eigenvalue weighted by molar-refractivity contribution is 0.271. The van der Waals surface area contributed by atoms with Gasteiger partial charge >= 0.3 is 0 Å². The van der Waals surface area contributed by atoms with E-state index in [1.54, 1.807) is 11.3 Å². The molecule has 0 fully saturated rings. The van der Waals surface area contributed by atoms with Gasteiger partial charge < -0.3 is 19.9 Å². The molecule has 0 aliphatic carbocycles. The van der Waals surface area contributed by atoms with Crippen molar-refractivity contribution in [3.8, 4) is 11.5 Å². The number of hydrogen-bond acceptors (Lipinski definition) is 5. The lowest BCUT2D eigenvalue weighted by atomic mass is 10.2. The molecule has 0 saturated heterocycles. The molecule has 120 valence electrons. The van der Waals surface area contributed by atoms with Crippen molar-refractivity contribution in [2.24, 2.45) is 0 Å². The van der Waals surface area contributed by atoms with E-state index in [1.165, 1.54) is 0 Å². The van der Waals surface area contributed by atoms with Crippen molar-refractivity contribution in [2.45, 2.75) is 20.1 Å². The average molecular weight is 342 g/mol. The molecule has 0 amide bonds. The molecule has 2 N–H and O–H groups in total. The van der Waals surface area contributed by atoms with Crippen molar-refractivity contribution < 1.29 is 14.6 Å². The quantitative estimate of drug-likeness (QED) is 0.686. The predicted molar refractivity (Wildman–Crippen MR) is 90.1 cm³/mol. The normalized spacial score (nSPS) is 10.7. The van der Waals surface area contributed by atoms with Crippen LogP contribution in [0.5, 0.6) is 11.5 Å². The predicted octanol–water partition coefficient (Wildman–Crippen LogP) is 3.46. The van der Waals surface area contributed by atoms with Crippen LogP contribution in [0.15, 0.2) is 29.6 Å². The second-order valence-electron chi connectivity index (χ2n) is 4.61. The smallest absolute Gasteiger partial charge is 0.180 e. The van der Waals surface area contributed by atoms with Gasteiger partial charge in [-0.3, -0.25) is 0 Å². The van der Waals surface area contributed by atoms with Gasteiger partial charge in [0.25, 0.3) is 0 Å². The third kappa shape index (κ3) is 4.88. The van der Waals surface area contributed by atoms with E-state index < -0.39 is 0 Å². The van der Waals surface area contributed by atoms with Crippen molar-refractivity contribution in [2.75, 3.05) is 19.8 Å². The molecule has 1 aromatic heterocycles. The Morgan fingerprint density at radius 1 is 1.32 bits per heavy atom. The molecule has 1 heterocycles. The van der Waals surface area contributed by atoms with Gasteiger partial charge in [0.15, 0.2) is 11.5 Å². The zero-order valence-corrected chi connectivity index (χ0v) is 14.0. The molecule has 22 heavy (non-hydrogen) atoms. The van der Waals surface area contributed by atoms with E-state index in [1.807, 2.05) is 36.6 Å². The largest absolute Gasteiger partial charge is 0.490 e. The third-order valence-corrected chi connectivity index (χ3v) is 4.06. The summed E-state index contributed by atoms with van der Waals surface area (Å²) >= 11 is 7.99. The van der Waals surface area contributed by atoms with Crippen molar-refractivity contribution in [3.05, 3.63) is 45.1 Å². The van der Waals surface area contributed by atoms with Gasteiger partial charge in [-0.25, -0.2) is 0 Å². The highest BCUT2D eigenvalue weighted by Gasteiger charge is 2.13. The van der Waals surface area contributed by atoms with E-state index in [0.29, 0.717) is 42.8 Å². The summed E-state index contributed by atoms with van der Waals surface area (Å²) in [5, 5.41) is 14.5. The second kappa shape index (κ2) is 9.00. The highest BCUT2D eigenvalue weighted by molar-refractivity contribution is 7.09. The monoisotopic (exact) mass is 341 g/mol. The van der Waals surface area contributed by atoms with Crippen LogP contribution in [-0.2, 0) is 13.2 Å². The van der Waals surface area contributed by atoms with Crippen LogP contribution in [-0.4, -0.2) is 24.9 Å². The number of hydrogen-bond donors (Lipinski definition) is 2. The highest BCUT2D eigenvalue weighted by Crippen LogP contribution is 2.37. The van der Waals surface area contributed by atoms with Crippen LogP contribution in [0.25, 0.3) is 0 Å². The van der Waals surface area contributed by atoms with Crippen LogP contribution in [0.1, 0.15) is 17.4 Å². The highest BCUT2D eigenvalue weighted by atomic mass is 35.5. The topological polar surface area (TPSA) is 50.7 Å². The maximum atomic E-state index is 8.81. The summed E-state index contributed by atoms with van der Waals surface area (Å²) in [6.45, 7) is 4.20. The number of aliphatic hydroxyl groups is 1. The fourth-order valence-corrected chi connectivity index (χ4v) is 2.88. The van der Waals surface area contributed by atoms with Crippen LogP contribution in [0.4, 0.5) is 0 Å². The van der Waals surface area contributed by atoms with Crippen molar-refractivity contribution in [1.29, 1.82) is 0 Å². The fourth-order valence-electron chi connectivity index (χ4n) is 1.98. The number of thiophene rings is 1. The standard InChI is InChI=1S/C16H20ClNO3S/c1-2-20-15-9-12(10-18-5-6-19)8-14(17)16(15)21-11-13-4-3-7-22-13/h3-4,7-9,18-19H,2,5-6,10-11H2,1H3. The first kappa shape index (κ1) is 17.1. The molecule has 1 aromatic carbocycles. The Bertz CT molecular complexity index is 575. The zero-order chi connectivity index (χ0) is 15.8. The maximum absolute atomic E-state index is 8.81. The number of rotatable bonds is 9. The molecule has 0 bridgehead atoms. The number of nitrogens with one attached hydrogen (secondary N) is 1. The van der Waals surface area contributed by atoms with Crippen LogP contribution < -0.4 is 14.8 Å². The fraction of sp³-hybridized carbons (Fsp3) is 0.375. The van der Waals surface area contributed by atoms with Gasteiger partial charge in [-0.15, -0.1) is 11.3 Å². The molecule has 0 spiro atoms. The summed E-state index contributed by atoms with van der Waals surface area (Å²) in [5.41, 5.74) is 0.991. The molecular weight excluding hydrogens is 322 g/mol. The summed E-state index contributed by atoms with van der Waals surface area (Å²) in [5.74, 6) is 1.22. The molecule has 4 nitrogen and oxygen atoms in total. The van der Waals surface area contributed by atoms with Gasteiger partial charge in [-0.2, -0.15) is 0 Å². The minimum absolute atomic E-state index is 0.105. The van der Waals surface area contributed by atoms with Crippen molar-refractivity contribution >= 4 is 22.9 Å². The number of ether oxygens (including phenoxy) is 2. The second-order valence-corrected chi connectivity index (χ2v) is 6.05. The molecule has 0 aliphatic heterocycles. The Kier molecular flexibility index (Phi) is 6.99. The third-order valence-electron chi connectivity index (χ3n) is 2.93. The average Bonchev–Trinajstić information content (AvgIpc) is 3.00. The molecule has 0 unspecified atom stereocenters. The summed E-state index contributed by atoms with van der Waals surface area (Å²) in [6, 6.07) is 7.79. The molecule has 0 radical (unpaired) electrons. The SMILES string of the molecule is CCOc1cc(CNCCO)cc(Cl)c1OCc1cccs1. The summed E-state index contributed by atoms with van der Waals surface area (Å²) < 4.78 is 11.5. The van der Waals surface area contributed by atoms with Crippen LogP contribution in [0.3, 0.4) is 0 Å². The summed E-state index contributed by atoms with van der Waals surface area (Å²) in [6.07, 6.45) is 0. The molecule has 2 aromatic rings. The van der Waals surface area contributed by atoms with Gasteiger partial charge in [0.2, 0.25) is 0 Å². The Balaban J connectivity index is 2.12. The Labute approximate surface area is 139 Å². The molecule has 0 saturated carbocycles. The first-order chi connectivity index (χ1) is 10.7. The van der Waals surface area contributed by atoms with Crippen molar-refractivity contribution in [1.82, 2.24) is 5.32 Å². The Morgan fingerprint density at radius 3 is 2.86 bits per heavy atom. The minimum atomic E-state index is 0.105. The van der Waals surface area contributed by atoms with E-state index in [0.717, 1.165) is 10.4 Å². The van der Waals surface area contributed by atoms with E-state index >= 15 is 0 Å². The van der Waals surface area contributed by atoms with Gasteiger partial charge in [-0.05, 0) is 36.1 Å². The lowest BCUT2D eigenvalue weighted by Crippen LogP contribution is -2.17.